The van der Waals surface area contributed by atoms with E-state index in [2.05, 4.69) is 56.4 Å². The fourth-order valence-corrected chi connectivity index (χ4v) is 2.85. The molecule has 21 heavy (non-hydrogen) atoms. The summed E-state index contributed by atoms with van der Waals surface area (Å²) in [4.78, 5) is 7.18. The quantitative estimate of drug-likeness (QED) is 0.713. The number of nitrogens with one attached hydrogen (secondary N) is 1. The predicted octanol–water partition coefficient (Wildman–Crippen LogP) is 3.72. The minimum absolute atomic E-state index is 0.522. The van der Waals surface area contributed by atoms with Crippen LogP contribution < -0.4 is 10.2 Å². The zero-order valence-electron chi connectivity index (χ0n) is 14.3. The van der Waals surface area contributed by atoms with Gasteiger partial charge in [0.25, 0.3) is 0 Å². The molecule has 0 bridgehead atoms. The van der Waals surface area contributed by atoms with Crippen molar-refractivity contribution >= 4 is 17.6 Å². The first-order valence-corrected chi connectivity index (χ1v) is 9.44. The molecule has 0 fully saturated rings. The molecule has 1 atom stereocenters. The molecule has 0 aliphatic carbocycles. The Bertz CT molecular complexity index is 409. The lowest BCUT2D eigenvalue weighted by Gasteiger charge is -2.27. The lowest BCUT2D eigenvalue weighted by Crippen LogP contribution is -2.30. The summed E-state index contributed by atoms with van der Waals surface area (Å²) >= 11 is 1.91. The Balaban J connectivity index is 2.89. The molecule has 1 aromatic rings. The van der Waals surface area contributed by atoms with Gasteiger partial charge in [0.2, 0.25) is 0 Å². The summed E-state index contributed by atoms with van der Waals surface area (Å²) in [5.74, 6) is 2.31. The monoisotopic (exact) mass is 309 g/mol. The van der Waals surface area contributed by atoms with E-state index in [4.69, 9.17) is 4.98 Å². The van der Waals surface area contributed by atoms with Gasteiger partial charge in [-0.25, -0.2) is 4.98 Å². The molecule has 1 unspecified atom stereocenters. The Morgan fingerprint density at radius 3 is 2.71 bits per heavy atom. The van der Waals surface area contributed by atoms with Gasteiger partial charge in [-0.15, -0.1) is 0 Å². The molecule has 0 aliphatic rings. The lowest BCUT2D eigenvalue weighted by atomic mass is 10.1. The van der Waals surface area contributed by atoms with E-state index < -0.39 is 0 Å². The SMILES string of the molecule is CCCc1cc(CNCC)cc(N(C)C(C)CCSC)n1. The zero-order chi connectivity index (χ0) is 15.7. The number of hydrogen-bond acceptors (Lipinski definition) is 4. The maximum atomic E-state index is 4.85. The number of thioether (sulfide) groups is 1. The van der Waals surface area contributed by atoms with Gasteiger partial charge in [0.1, 0.15) is 5.82 Å². The van der Waals surface area contributed by atoms with Crippen LogP contribution in [0.1, 0.15) is 44.9 Å². The van der Waals surface area contributed by atoms with Gasteiger partial charge in [0.05, 0.1) is 0 Å². The smallest absolute Gasteiger partial charge is 0.129 e. The van der Waals surface area contributed by atoms with Crippen molar-refractivity contribution in [2.24, 2.45) is 0 Å². The number of aromatic nitrogens is 1. The molecule has 0 amide bonds. The number of rotatable bonds is 10. The Morgan fingerprint density at radius 1 is 1.33 bits per heavy atom. The highest BCUT2D eigenvalue weighted by molar-refractivity contribution is 7.98. The van der Waals surface area contributed by atoms with E-state index in [1.165, 1.54) is 23.4 Å². The first-order chi connectivity index (χ1) is 10.1. The van der Waals surface area contributed by atoms with Crippen molar-refractivity contribution < 1.29 is 0 Å². The van der Waals surface area contributed by atoms with E-state index >= 15 is 0 Å². The number of anilines is 1. The van der Waals surface area contributed by atoms with E-state index in [-0.39, 0.29) is 0 Å². The third kappa shape index (κ3) is 6.27. The van der Waals surface area contributed by atoms with Crippen LogP contribution in [-0.2, 0) is 13.0 Å². The molecule has 0 aromatic carbocycles. The molecule has 120 valence electrons. The number of pyridine rings is 1. The van der Waals surface area contributed by atoms with Crippen molar-refractivity contribution in [3.05, 3.63) is 23.4 Å². The summed E-state index contributed by atoms with van der Waals surface area (Å²) in [5, 5.41) is 3.41. The first kappa shape index (κ1) is 18.3. The molecule has 4 heteroatoms. The van der Waals surface area contributed by atoms with Gasteiger partial charge in [-0.05, 0) is 56.0 Å². The van der Waals surface area contributed by atoms with Gasteiger partial charge in [-0.1, -0.05) is 20.3 Å². The second kappa shape index (κ2) is 10.1. The number of aryl methyl sites for hydroxylation is 1. The van der Waals surface area contributed by atoms with Crippen LogP contribution in [0.15, 0.2) is 12.1 Å². The summed E-state index contributed by atoms with van der Waals surface area (Å²) in [5.41, 5.74) is 2.56. The van der Waals surface area contributed by atoms with E-state index in [0.29, 0.717) is 6.04 Å². The Kier molecular flexibility index (Phi) is 8.77. The predicted molar refractivity (Wildman–Crippen MR) is 96.5 cm³/mol. The Hall–Kier alpha value is -0.740. The number of hydrogen-bond donors (Lipinski definition) is 1. The summed E-state index contributed by atoms with van der Waals surface area (Å²) in [6.07, 6.45) is 5.56. The average Bonchev–Trinajstić information content (AvgIpc) is 2.49. The van der Waals surface area contributed by atoms with Crippen molar-refractivity contribution in [1.82, 2.24) is 10.3 Å². The van der Waals surface area contributed by atoms with Gasteiger partial charge in [0.15, 0.2) is 0 Å². The molecule has 0 spiro atoms. The minimum Gasteiger partial charge on any atom is -0.357 e. The zero-order valence-corrected chi connectivity index (χ0v) is 15.1. The van der Waals surface area contributed by atoms with Crippen LogP contribution in [0.5, 0.6) is 0 Å². The normalized spacial score (nSPS) is 12.4. The second-order valence-electron chi connectivity index (χ2n) is 5.60. The van der Waals surface area contributed by atoms with Gasteiger partial charge in [0, 0.05) is 25.3 Å². The van der Waals surface area contributed by atoms with Crippen molar-refractivity contribution in [2.45, 2.75) is 52.6 Å². The highest BCUT2D eigenvalue weighted by Crippen LogP contribution is 2.19. The highest BCUT2D eigenvalue weighted by atomic mass is 32.2. The molecule has 3 nitrogen and oxygen atoms in total. The van der Waals surface area contributed by atoms with Crippen molar-refractivity contribution in [2.75, 3.05) is 30.5 Å². The minimum atomic E-state index is 0.522. The van der Waals surface area contributed by atoms with E-state index in [1.54, 1.807) is 0 Å². The molecule has 0 saturated carbocycles. The third-order valence-corrected chi connectivity index (χ3v) is 4.42. The molecule has 0 aliphatic heterocycles. The summed E-state index contributed by atoms with van der Waals surface area (Å²) in [6.45, 7) is 8.57. The summed E-state index contributed by atoms with van der Waals surface area (Å²) < 4.78 is 0. The molecular formula is C17H31N3S. The first-order valence-electron chi connectivity index (χ1n) is 8.04. The van der Waals surface area contributed by atoms with Gasteiger partial charge < -0.3 is 10.2 Å². The highest BCUT2D eigenvalue weighted by Gasteiger charge is 2.12. The van der Waals surface area contributed by atoms with Crippen molar-refractivity contribution in [1.29, 1.82) is 0 Å². The van der Waals surface area contributed by atoms with Crippen molar-refractivity contribution in [3.8, 4) is 0 Å². The topological polar surface area (TPSA) is 28.2 Å². The Labute approximate surface area is 134 Å². The van der Waals surface area contributed by atoms with Crippen LogP contribution in [0.2, 0.25) is 0 Å². The fourth-order valence-electron chi connectivity index (χ4n) is 2.28. The maximum Gasteiger partial charge on any atom is 0.129 e. The van der Waals surface area contributed by atoms with Crippen LogP contribution >= 0.6 is 11.8 Å². The van der Waals surface area contributed by atoms with Crippen LogP contribution in [0.4, 0.5) is 5.82 Å². The third-order valence-electron chi connectivity index (χ3n) is 3.77. The molecule has 1 N–H and O–H groups in total. The summed E-state index contributed by atoms with van der Waals surface area (Å²) in [7, 11) is 2.17. The molecule has 1 rings (SSSR count). The molecular weight excluding hydrogens is 278 g/mol. The van der Waals surface area contributed by atoms with Crippen LogP contribution in [0.25, 0.3) is 0 Å². The van der Waals surface area contributed by atoms with Gasteiger partial charge in [-0.3, -0.25) is 0 Å². The summed E-state index contributed by atoms with van der Waals surface area (Å²) in [6, 6.07) is 5.00. The fraction of sp³-hybridized carbons (Fsp3) is 0.706. The second-order valence-corrected chi connectivity index (χ2v) is 6.58. The Morgan fingerprint density at radius 2 is 2.10 bits per heavy atom. The number of nitrogens with zero attached hydrogens (tertiary/aromatic N) is 2. The van der Waals surface area contributed by atoms with E-state index in [1.807, 2.05) is 11.8 Å². The van der Waals surface area contributed by atoms with Crippen LogP contribution in [0.3, 0.4) is 0 Å². The van der Waals surface area contributed by atoms with Gasteiger partial charge >= 0.3 is 0 Å². The van der Waals surface area contributed by atoms with E-state index in [9.17, 15) is 0 Å². The molecule has 1 heterocycles. The standard InChI is InChI=1S/C17H31N3S/c1-6-8-16-11-15(13-18-7-2)12-17(19-16)20(4)14(3)9-10-21-5/h11-12,14,18H,6-10,13H2,1-5H3. The maximum absolute atomic E-state index is 4.85. The van der Waals surface area contributed by atoms with E-state index in [0.717, 1.165) is 31.7 Å². The molecule has 0 saturated heterocycles. The largest absolute Gasteiger partial charge is 0.357 e. The van der Waals surface area contributed by atoms with Crippen LogP contribution in [-0.4, -0.2) is 36.6 Å². The molecule has 0 radical (unpaired) electrons. The average molecular weight is 310 g/mol. The van der Waals surface area contributed by atoms with Crippen LogP contribution in [0, 0.1) is 0 Å². The lowest BCUT2D eigenvalue weighted by molar-refractivity contribution is 0.657. The molecule has 1 aromatic heterocycles. The van der Waals surface area contributed by atoms with Gasteiger partial charge in [-0.2, -0.15) is 11.8 Å². The van der Waals surface area contributed by atoms with Crippen molar-refractivity contribution in [3.63, 3.8) is 0 Å².